The molecule has 3 heteroatoms. The monoisotopic (exact) mass is 213 g/mol. The van der Waals surface area contributed by atoms with Gasteiger partial charge in [0, 0.05) is 12.1 Å². The van der Waals surface area contributed by atoms with Gasteiger partial charge in [0.05, 0.1) is 0 Å². The van der Waals surface area contributed by atoms with Crippen LogP contribution in [0.3, 0.4) is 0 Å². The molecule has 90 valence electrons. The first-order chi connectivity index (χ1) is 7.26. The van der Waals surface area contributed by atoms with Crippen molar-refractivity contribution in [1.29, 1.82) is 0 Å². The van der Waals surface area contributed by atoms with Gasteiger partial charge < -0.3 is 16.0 Å². The lowest BCUT2D eigenvalue weighted by Crippen LogP contribution is -2.51. The molecule has 0 spiro atoms. The Hall–Kier alpha value is -0.120. The summed E-state index contributed by atoms with van der Waals surface area (Å²) in [4.78, 5) is 2.58. The fourth-order valence-electron chi connectivity index (χ4n) is 2.62. The van der Waals surface area contributed by atoms with Crippen molar-refractivity contribution in [1.82, 2.24) is 10.2 Å². The summed E-state index contributed by atoms with van der Waals surface area (Å²) in [6, 6.07) is 0. The topological polar surface area (TPSA) is 41.3 Å². The molecule has 15 heavy (non-hydrogen) atoms. The number of hydrogen-bond donors (Lipinski definition) is 2. The Kier molecular flexibility index (Phi) is 5.58. The SMILES string of the molecule is CCCN1CCCC(CN)(NCC)CC1. The quantitative estimate of drug-likeness (QED) is 0.721. The lowest BCUT2D eigenvalue weighted by Gasteiger charge is -2.32. The van der Waals surface area contributed by atoms with Gasteiger partial charge in [0.2, 0.25) is 0 Å². The molecule has 0 saturated carbocycles. The highest BCUT2D eigenvalue weighted by molar-refractivity contribution is 4.91. The fourth-order valence-corrected chi connectivity index (χ4v) is 2.62. The number of nitrogens with zero attached hydrogens (tertiary/aromatic N) is 1. The first-order valence-corrected chi connectivity index (χ1v) is 6.44. The van der Waals surface area contributed by atoms with E-state index in [1.807, 2.05) is 0 Å². The Bertz CT molecular complexity index is 172. The van der Waals surface area contributed by atoms with E-state index < -0.39 is 0 Å². The fraction of sp³-hybridized carbons (Fsp3) is 1.00. The molecule has 1 atom stereocenters. The van der Waals surface area contributed by atoms with Gasteiger partial charge in [-0.05, 0) is 51.9 Å². The van der Waals surface area contributed by atoms with Crippen LogP contribution in [0.5, 0.6) is 0 Å². The summed E-state index contributed by atoms with van der Waals surface area (Å²) in [5, 5.41) is 3.60. The Morgan fingerprint density at radius 3 is 2.67 bits per heavy atom. The second kappa shape index (κ2) is 6.46. The molecule has 1 aliphatic rings. The Labute approximate surface area is 94.4 Å². The summed E-state index contributed by atoms with van der Waals surface area (Å²) < 4.78 is 0. The van der Waals surface area contributed by atoms with Crippen LogP contribution in [0, 0.1) is 0 Å². The Morgan fingerprint density at radius 2 is 2.07 bits per heavy atom. The van der Waals surface area contributed by atoms with Gasteiger partial charge in [0.1, 0.15) is 0 Å². The molecule has 0 aromatic rings. The summed E-state index contributed by atoms with van der Waals surface area (Å²) in [5.74, 6) is 0. The molecule has 0 aromatic heterocycles. The van der Waals surface area contributed by atoms with Crippen LogP contribution in [0.2, 0.25) is 0 Å². The van der Waals surface area contributed by atoms with Crippen molar-refractivity contribution >= 4 is 0 Å². The van der Waals surface area contributed by atoms with Crippen LogP contribution >= 0.6 is 0 Å². The van der Waals surface area contributed by atoms with Gasteiger partial charge in [-0.15, -0.1) is 0 Å². The molecule has 3 N–H and O–H groups in total. The number of rotatable bonds is 5. The summed E-state index contributed by atoms with van der Waals surface area (Å²) in [7, 11) is 0. The minimum absolute atomic E-state index is 0.219. The van der Waals surface area contributed by atoms with Crippen molar-refractivity contribution < 1.29 is 0 Å². The smallest absolute Gasteiger partial charge is 0.0316 e. The zero-order valence-electron chi connectivity index (χ0n) is 10.4. The van der Waals surface area contributed by atoms with Crippen LogP contribution in [0.4, 0.5) is 0 Å². The third-order valence-corrected chi connectivity index (χ3v) is 3.52. The van der Waals surface area contributed by atoms with E-state index in [-0.39, 0.29) is 5.54 Å². The van der Waals surface area contributed by atoms with E-state index in [2.05, 4.69) is 24.1 Å². The normalized spacial score (nSPS) is 29.0. The van der Waals surface area contributed by atoms with E-state index in [0.717, 1.165) is 13.1 Å². The van der Waals surface area contributed by atoms with E-state index in [9.17, 15) is 0 Å². The van der Waals surface area contributed by atoms with Gasteiger partial charge in [0.25, 0.3) is 0 Å². The van der Waals surface area contributed by atoms with Gasteiger partial charge in [-0.2, -0.15) is 0 Å². The number of nitrogens with two attached hydrogens (primary N) is 1. The average molecular weight is 213 g/mol. The number of nitrogens with one attached hydrogen (secondary N) is 1. The minimum Gasteiger partial charge on any atom is -0.329 e. The summed E-state index contributed by atoms with van der Waals surface area (Å²) in [6.07, 6.45) is 4.98. The van der Waals surface area contributed by atoms with Crippen LogP contribution in [0.25, 0.3) is 0 Å². The molecule has 0 aromatic carbocycles. The molecule has 0 amide bonds. The van der Waals surface area contributed by atoms with Crippen LogP contribution in [0.1, 0.15) is 39.5 Å². The standard InChI is InChI=1S/C12H27N3/c1-3-8-15-9-5-6-12(11-13,7-10-15)14-4-2/h14H,3-11,13H2,1-2H3. The second-order valence-corrected chi connectivity index (χ2v) is 4.71. The predicted molar refractivity (Wildman–Crippen MR) is 66.0 cm³/mol. The maximum atomic E-state index is 5.93. The summed E-state index contributed by atoms with van der Waals surface area (Å²) >= 11 is 0. The number of likely N-dealkylation sites (N-methyl/N-ethyl adjacent to an activating group) is 1. The van der Waals surface area contributed by atoms with E-state index in [4.69, 9.17) is 5.73 Å². The molecule has 1 fully saturated rings. The molecule has 0 bridgehead atoms. The number of hydrogen-bond acceptors (Lipinski definition) is 3. The van der Waals surface area contributed by atoms with Gasteiger partial charge >= 0.3 is 0 Å². The van der Waals surface area contributed by atoms with E-state index >= 15 is 0 Å². The lowest BCUT2D eigenvalue weighted by molar-refractivity contribution is 0.261. The van der Waals surface area contributed by atoms with Crippen molar-refractivity contribution in [2.45, 2.75) is 45.1 Å². The van der Waals surface area contributed by atoms with Crippen molar-refractivity contribution in [3.8, 4) is 0 Å². The Balaban J connectivity index is 2.48. The minimum atomic E-state index is 0.219. The first kappa shape index (κ1) is 12.9. The molecule has 1 aliphatic heterocycles. The highest BCUT2D eigenvalue weighted by Gasteiger charge is 2.29. The third kappa shape index (κ3) is 3.74. The maximum Gasteiger partial charge on any atom is 0.0316 e. The molecule has 3 nitrogen and oxygen atoms in total. The largest absolute Gasteiger partial charge is 0.329 e. The molecule has 1 rings (SSSR count). The predicted octanol–water partition coefficient (Wildman–Crippen LogP) is 1.19. The zero-order chi connectivity index (χ0) is 11.1. The summed E-state index contributed by atoms with van der Waals surface area (Å²) in [5.41, 5.74) is 6.15. The molecule has 1 heterocycles. The van der Waals surface area contributed by atoms with Crippen molar-refractivity contribution in [3.63, 3.8) is 0 Å². The van der Waals surface area contributed by atoms with Crippen LogP contribution in [0.15, 0.2) is 0 Å². The van der Waals surface area contributed by atoms with Crippen LogP contribution in [-0.2, 0) is 0 Å². The van der Waals surface area contributed by atoms with Crippen molar-refractivity contribution in [3.05, 3.63) is 0 Å². The van der Waals surface area contributed by atoms with Crippen molar-refractivity contribution in [2.24, 2.45) is 5.73 Å². The molecule has 0 aliphatic carbocycles. The third-order valence-electron chi connectivity index (χ3n) is 3.52. The molecule has 1 unspecified atom stereocenters. The molecule has 0 radical (unpaired) electrons. The number of likely N-dealkylation sites (tertiary alicyclic amines) is 1. The van der Waals surface area contributed by atoms with Gasteiger partial charge in [-0.3, -0.25) is 0 Å². The lowest BCUT2D eigenvalue weighted by atomic mass is 9.90. The van der Waals surface area contributed by atoms with Gasteiger partial charge in [-0.25, -0.2) is 0 Å². The van der Waals surface area contributed by atoms with E-state index in [1.54, 1.807) is 0 Å². The first-order valence-electron chi connectivity index (χ1n) is 6.44. The highest BCUT2D eigenvalue weighted by Crippen LogP contribution is 2.21. The van der Waals surface area contributed by atoms with Crippen LogP contribution in [-0.4, -0.2) is 43.2 Å². The van der Waals surface area contributed by atoms with Crippen LogP contribution < -0.4 is 11.1 Å². The molecular weight excluding hydrogens is 186 g/mol. The maximum absolute atomic E-state index is 5.93. The average Bonchev–Trinajstić information content (AvgIpc) is 2.44. The van der Waals surface area contributed by atoms with Gasteiger partial charge in [-0.1, -0.05) is 13.8 Å². The highest BCUT2D eigenvalue weighted by atomic mass is 15.1. The van der Waals surface area contributed by atoms with E-state index in [1.165, 1.54) is 45.3 Å². The molecular formula is C12H27N3. The zero-order valence-corrected chi connectivity index (χ0v) is 10.4. The molecule has 1 saturated heterocycles. The van der Waals surface area contributed by atoms with Crippen molar-refractivity contribution in [2.75, 3.05) is 32.7 Å². The van der Waals surface area contributed by atoms with E-state index in [0.29, 0.717) is 0 Å². The summed E-state index contributed by atoms with van der Waals surface area (Å²) in [6.45, 7) is 9.94. The van der Waals surface area contributed by atoms with Gasteiger partial charge in [0.15, 0.2) is 0 Å². The second-order valence-electron chi connectivity index (χ2n) is 4.71. The Morgan fingerprint density at radius 1 is 1.27 bits per heavy atom.